The summed E-state index contributed by atoms with van der Waals surface area (Å²) in [5, 5.41) is 0. The molecular formula is C18H21N5O. The third-order valence-corrected chi connectivity index (χ3v) is 4.65. The fraction of sp³-hybridized carbons (Fsp3) is 0.389. The van der Waals surface area contributed by atoms with Crippen molar-refractivity contribution in [3.05, 3.63) is 43.0 Å². The average Bonchev–Trinajstić information content (AvgIpc) is 3.28. The highest BCUT2D eigenvalue weighted by Gasteiger charge is 2.27. The van der Waals surface area contributed by atoms with E-state index in [-0.39, 0.29) is 6.23 Å². The molecule has 0 radical (unpaired) electrons. The standard InChI is InChI=1S/C18H21N5O/c1-3-14-9-10-15(24-14)23-12-21-16-17(19-11-20-18(16)23)22(2)13-7-5-4-6-8-13/h4-8,11-12,14-15H,3,9-10H2,1-2H3. The van der Waals surface area contributed by atoms with Gasteiger partial charge in [0.2, 0.25) is 0 Å². The lowest BCUT2D eigenvalue weighted by Crippen LogP contribution is -2.13. The minimum atomic E-state index is 0.0183. The largest absolute Gasteiger partial charge is 0.355 e. The molecule has 124 valence electrons. The number of hydrogen-bond donors (Lipinski definition) is 0. The first-order chi connectivity index (χ1) is 11.8. The quantitative estimate of drug-likeness (QED) is 0.733. The lowest BCUT2D eigenvalue weighted by Gasteiger charge is -2.18. The van der Waals surface area contributed by atoms with Gasteiger partial charge in [-0.3, -0.25) is 4.57 Å². The monoisotopic (exact) mass is 323 g/mol. The van der Waals surface area contributed by atoms with E-state index < -0.39 is 0 Å². The summed E-state index contributed by atoms with van der Waals surface area (Å²) < 4.78 is 8.13. The van der Waals surface area contributed by atoms with Gasteiger partial charge in [-0.15, -0.1) is 0 Å². The Labute approximate surface area is 141 Å². The maximum Gasteiger partial charge on any atom is 0.167 e. The SMILES string of the molecule is CCC1CCC(n2cnc3c(N(C)c4ccccc4)ncnc32)O1. The van der Waals surface area contributed by atoms with Crippen LogP contribution in [-0.4, -0.2) is 32.7 Å². The van der Waals surface area contributed by atoms with E-state index >= 15 is 0 Å². The fourth-order valence-corrected chi connectivity index (χ4v) is 3.26. The normalized spacial score (nSPS) is 20.6. The topological polar surface area (TPSA) is 56.1 Å². The molecule has 0 amide bonds. The van der Waals surface area contributed by atoms with E-state index in [1.807, 2.05) is 41.0 Å². The number of anilines is 2. The molecule has 1 aromatic carbocycles. The van der Waals surface area contributed by atoms with Crippen LogP contribution in [-0.2, 0) is 4.74 Å². The molecule has 1 aliphatic heterocycles. The van der Waals surface area contributed by atoms with Gasteiger partial charge in [-0.2, -0.15) is 0 Å². The zero-order chi connectivity index (χ0) is 16.5. The Morgan fingerprint density at radius 1 is 1.17 bits per heavy atom. The lowest BCUT2D eigenvalue weighted by atomic mass is 10.2. The van der Waals surface area contributed by atoms with Crippen LogP contribution in [0.2, 0.25) is 0 Å². The van der Waals surface area contributed by atoms with Crippen molar-refractivity contribution in [1.82, 2.24) is 19.5 Å². The number of aromatic nitrogens is 4. The summed E-state index contributed by atoms with van der Waals surface area (Å²) in [5.74, 6) is 0.801. The lowest BCUT2D eigenvalue weighted by molar-refractivity contribution is 0.00289. The second-order valence-electron chi connectivity index (χ2n) is 6.11. The molecule has 0 bridgehead atoms. The van der Waals surface area contributed by atoms with E-state index in [0.29, 0.717) is 6.10 Å². The van der Waals surface area contributed by atoms with Gasteiger partial charge < -0.3 is 9.64 Å². The first-order valence-electron chi connectivity index (χ1n) is 8.39. The van der Waals surface area contributed by atoms with E-state index in [2.05, 4.69) is 34.0 Å². The van der Waals surface area contributed by atoms with Gasteiger partial charge in [0.1, 0.15) is 12.6 Å². The number of benzene rings is 1. The summed E-state index contributed by atoms with van der Waals surface area (Å²) in [4.78, 5) is 15.5. The van der Waals surface area contributed by atoms with Crippen molar-refractivity contribution in [2.24, 2.45) is 0 Å². The van der Waals surface area contributed by atoms with Gasteiger partial charge in [-0.05, 0) is 31.4 Å². The zero-order valence-electron chi connectivity index (χ0n) is 14.0. The molecule has 6 heteroatoms. The van der Waals surface area contributed by atoms with Crippen LogP contribution < -0.4 is 4.90 Å². The molecule has 1 saturated heterocycles. The number of hydrogen-bond acceptors (Lipinski definition) is 5. The maximum absolute atomic E-state index is 6.10. The van der Waals surface area contributed by atoms with Crippen LogP contribution in [0.1, 0.15) is 32.4 Å². The maximum atomic E-state index is 6.10. The molecule has 24 heavy (non-hydrogen) atoms. The Bertz CT molecular complexity index is 832. The summed E-state index contributed by atoms with van der Waals surface area (Å²) in [5.41, 5.74) is 2.69. The minimum Gasteiger partial charge on any atom is -0.355 e. The third kappa shape index (κ3) is 2.53. The van der Waals surface area contributed by atoms with Crippen LogP contribution in [0.5, 0.6) is 0 Å². The number of fused-ring (bicyclic) bond motifs is 1. The van der Waals surface area contributed by atoms with Gasteiger partial charge >= 0.3 is 0 Å². The molecule has 6 nitrogen and oxygen atoms in total. The number of para-hydroxylation sites is 1. The van der Waals surface area contributed by atoms with Crippen molar-refractivity contribution in [2.45, 2.75) is 38.5 Å². The fourth-order valence-electron chi connectivity index (χ4n) is 3.26. The molecule has 0 aliphatic carbocycles. The number of rotatable bonds is 4. The van der Waals surface area contributed by atoms with Crippen molar-refractivity contribution < 1.29 is 4.74 Å². The van der Waals surface area contributed by atoms with Crippen LogP contribution in [0, 0.1) is 0 Å². The smallest absolute Gasteiger partial charge is 0.167 e. The second kappa shape index (κ2) is 6.20. The van der Waals surface area contributed by atoms with Crippen LogP contribution in [0.3, 0.4) is 0 Å². The minimum absolute atomic E-state index is 0.0183. The number of ether oxygens (including phenoxy) is 1. The van der Waals surface area contributed by atoms with Crippen LogP contribution >= 0.6 is 0 Å². The van der Waals surface area contributed by atoms with E-state index in [9.17, 15) is 0 Å². The summed E-state index contributed by atoms with van der Waals surface area (Å²) in [7, 11) is 2.00. The molecule has 3 aromatic rings. The Hall–Kier alpha value is -2.47. The van der Waals surface area contributed by atoms with Gasteiger partial charge in [0.15, 0.2) is 17.0 Å². The van der Waals surface area contributed by atoms with Crippen molar-refractivity contribution in [3.8, 4) is 0 Å². The Balaban J connectivity index is 1.72. The predicted molar refractivity (Wildman–Crippen MR) is 93.3 cm³/mol. The van der Waals surface area contributed by atoms with E-state index in [0.717, 1.165) is 41.9 Å². The average molecular weight is 323 g/mol. The number of nitrogens with zero attached hydrogens (tertiary/aromatic N) is 5. The summed E-state index contributed by atoms with van der Waals surface area (Å²) >= 11 is 0. The molecule has 2 unspecified atom stereocenters. The molecule has 4 rings (SSSR count). The van der Waals surface area contributed by atoms with E-state index in [4.69, 9.17) is 4.74 Å². The molecule has 0 saturated carbocycles. The van der Waals surface area contributed by atoms with Gasteiger partial charge in [0, 0.05) is 12.7 Å². The molecule has 0 spiro atoms. The van der Waals surface area contributed by atoms with Crippen molar-refractivity contribution >= 4 is 22.7 Å². The molecule has 1 fully saturated rings. The molecule has 0 N–H and O–H groups in total. The molecule has 3 heterocycles. The predicted octanol–water partition coefficient (Wildman–Crippen LogP) is 3.68. The van der Waals surface area contributed by atoms with Gasteiger partial charge in [0.05, 0.1) is 12.4 Å². The summed E-state index contributed by atoms with van der Waals surface area (Å²) in [6.45, 7) is 2.16. The Morgan fingerprint density at radius 3 is 2.75 bits per heavy atom. The number of imidazole rings is 1. The first-order valence-corrected chi connectivity index (χ1v) is 8.39. The molecule has 1 aliphatic rings. The van der Waals surface area contributed by atoms with Gasteiger partial charge in [-0.25, -0.2) is 15.0 Å². The second-order valence-corrected chi connectivity index (χ2v) is 6.11. The highest BCUT2D eigenvalue weighted by molar-refractivity contribution is 5.85. The third-order valence-electron chi connectivity index (χ3n) is 4.65. The summed E-state index contributed by atoms with van der Waals surface area (Å²) in [6.07, 6.45) is 6.90. The van der Waals surface area contributed by atoms with Crippen LogP contribution in [0.15, 0.2) is 43.0 Å². The van der Waals surface area contributed by atoms with Crippen molar-refractivity contribution in [1.29, 1.82) is 0 Å². The molecule has 2 aromatic heterocycles. The van der Waals surface area contributed by atoms with Gasteiger partial charge in [-0.1, -0.05) is 25.1 Å². The van der Waals surface area contributed by atoms with Crippen molar-refractivity contribution in [3.63, 3.8) is 0 Å². The Morgan fingerprint density at radius 2 is 2.00 bits per heavy atom. The highest BCUT2D eigenvalue weighted by Crippen LogP contribution is 2.33. The zero-order valence-corrected chi connectivity index (χ0v) is 14.0. The van der Waals surface area contributed by atoms with Crippen LogP contribution in [0.25, 0.3) is 11.2 Å². The van der Waals surface area contributed by atoms with Crippen LogP contribution in [0.4, 0.5) is 11.5 Å². The first kappa shape index (κ1) is 15.1. The van der Waals surface area contributed by atoms with Crippen molar-refractivity contribution in [2.75, 3.05) is 11.9 Å². The van der Waals surface area contributed by atoms with E-state index in [1.54, 1.807) is 6.33 Å². The molecular weight excluding hydrogens is 302 g/mol. The molecule has 2 atom stereocenters. The Kier molecular flexibility index (Phi) is 3.90. The van der Waals surface area contributed by atoms with E-state index in [1.165, 1.54) is 0 Å². The van der Waals surface area contributed by atoms with Gasteiger partial charge in [0.25, 0.3) is 0 Å². The highest BCUT2D eigenvalue weighted by atomic mass is 16.5. The summed E-state index contributed by atoms with van der Waals surface area (Å²) in [6, 6.07) is 10.1.